The quantitative estimate of drug-likeness (QED) is 0.399. The van der Waals surface area contributed by atoms with Crippen LogP contribution in [0.5, 0.6) is 5.75 Å². The zero-order valence-corrected chi connectivity index (χ0v) is 16.6. The first-order chi connectivity index (χ1) is 12.6. The Morgan fingerprint density at radius 3 is 2.73 bits per heavy atom. The molecule has 0 atom stereocenters. The number of carbonyl (C=O) groups excluding carboxylic acids is 1. The van der Waals surface area contributed by atoms with Gasteiger partial charge in [-0.25, -0.2) is 5.43 Å². The number of amides is 1. The van der Waals surface area contributed by atoms with Gasteiger partial charge in [-0.2, -0.15) is 5.10 Å². The van der Waals surface area contributed by atoms with E-state index in [1.807, 2.05) is 53.9 Å². The Bertz CT molecular complexity index is 912. The molecular weight excluding hydrogens is 436 g/mol. The molecule has 0 unspecified atom stereocenters. The van der Waals surface area contributed by atoms with Crippen LogP contribution in [0, 0.1) is 0 Å². The minimum atomic E-state index is -0.224. The maximum absolute atomic E-state index is 11.8. The molecule has 0 radical (unpaired) electrons. The van der Waals surface area contributed by atoms with Crippen molar-refractivity contribution in [3.05, 3.63) is 85.5 Å². The summed E-state index contributed by atoms with van der Waals surface area (Å²) in [7, 11) is 0. The van der Waals surface area contributed by atoms with Crippen molar-refractivity contribution >= 4 is 51.0 Å². The van der Waals surface area contributed by atoms with Crippen LogP contribution in [0.25, 0.3) is 0 Å². The predicted octanol–water partition coefficient (Wildman–Crippen LogP) is 5.51. The third kappa shape index (κ3) is 5.17. The summed E-state index contributed by atoms with van der Waals surface area (Å²) in [5.74, 6) is 0.498. The number of benzene rings is 2. The normalized spacial score (nSPS) is 10.8. The average Bonchev–Trinajstić information content (AvgIpc) is 3.17. The van der Waals surface area contributed by atoms with Gasteiger partial charge in [-0.15, -0.1) is 11.3 Å². The lowest BCUT2D eigenvalue weighted by Crippen LogP contribution is -2.16. The highest BCUT2D eigenvalue weighted by Crippen LogP contribution is 2.26. The zero-order chi connectivity index (χ0) is 18.4. The van der Waals surface area contributed by atoms with Gasteiger partial charge in [0.25, 0.3) is 5.91 Å². The molecule has 0 bridgehead atoms. The van der Waals surface area contributed by atoms with Crippen molar-refractivity contribution in [1.29, 1.82) is 0 Å². The molecule has 0 saturated carbocycles. The van der Waals surface area contributed by atoms with Crippen molar-refractivity contribution in [3.8, 4) is 5.75 Å². The Balaban J connectivity index is 1.57. The number of hydrogen-bond donors (Lipinski definition) is 1. The molecular formula is C19H14BrClN2O2S. The molecule has 0 spiro atoms. The molecule has 26 heavy (non-hydrogen) atoms. The lowest BCUT2D eigenvalue weighted by Gasteiger charge is -2.09. The van der Waals surface area contributed by atoms with Gasteiger partial charge in [0, 0.05) is 5.02 Å². The highest BCUT2D eigenvalue weighted by Gasteiger charge is 2.05. The first-order valence-corrected chi connectivity index (χ1v) is 9.70. The Hall–Kier alpha value is -2.15. The van der Waals surface area contributed by atoms with Crippen LogP contribution in [0.3, 0.4) is 0 Å². The molecule has 2 aromatic carbocycles. The molecule has 1 N–H and O–H groups in total. The smallest absolute Gasteiger partial charge is 0.281 e. The molecule has 4 nitrogen and oxygen atoms in total. The van der Waals surface area contributed by atoms with Gasteiger partial charge in [-0.1, -0.05) is 29.8 Å². The second-order valence-electron chi connectivity index (χ2n) is 5.28. The van der Waals surface area contributed by atoms with Gasteiger partial charge in [0.05, 0.1) is 15.6 Å². The number of thiophene rings is 1. The van der Waals surface area contributed by atoms with Crippen LogP contribution in [-0.2, 0) is 6.61 Å². The second kappa shape index (κ2) is 8.98. The third-order valence-electron chi connectivity index (χ3n) is 3.39. The molecule has 0 saturated heterocycles. The summed E-state index contributed by atoms with van der Waals surface area (Å²) in [6.07, 6.45) is 1.58. The fraction of sp³-hybridized carbons (Fsp3) is 0.0526. The van der Waals surface area contributed by atoms with Crippen LogP contribution in [0.15, 0.2) is 69.6 Å². The number of carbonyl (C=O) groups is 1. The van der Waals surface area contributed by atoms with Crippen molar-refractivity contribution in [1.82, 2.24) is 5.43 Å². The van der Waals surface area contributed by atoms with E-state index in [0.717, 1.165) is 21.3 Å². The van der Waals surface area contributed by atoms with E-state index in [1.165, 1.54) is 11.3 Å². The van der Waals surface area contributed by atoms with Crippen molar-refractivity contribution in [3.63, 3.8) is 0 Å². The standard InChI is InChI=1S/C19H14BrClN2O2S/c20-16-10-14(11-22-23-19(24)18-2-1-9-26-18)5-8-17(16)25-12-13-3-6-15(21)7-4-13/h1-11H,12H2,(H,23,24)/b22-11-. The number of nitrogens with one attached hydrogen (secondary N) is 1. The summed E-state index contributed by atoms with van der Waals surface area (Å²) in [6.45, 7) is 0.445. The molecule has 0 fully saturated rings. The maximum atomic E-state index is 11.8. The van der Waals surface area contributed by atoms with E-state index in [-0.39, 0.29) is 5.91 Å². The van der Waals surface area contributed by atoms with Crippen molar-refractivity contribution in [2.75, 3.05) is 0 Å². The summed E-state index contributed by atoms with van der Waals surface area (Å²) in [4.78, 5) is 12.4. The Kier molecular flexibility index (Phi) is 6.44. The van der Waals surface area contributed by atoms with Gasteiger partial charge in [-0.3, -0.25) is 4.79 Å². The van der Waals surface area contributed by atoms with Crippen molar-refractivity contribution in [2.45, 2.75) is 6.61 Å². The zero-order valence-electron chi connectivity index (χ0n) is 13.5. The summed E-state index contributed by atoms with van der Waals surface area (Å²) < 4.78 is 6.61. The van der Waals surface area contributed by atoms with E-state index in [0.29, 0.717) is 16.5 Å². The van der Waals surface area contributed by atoms with Crippen LogP contribution in [0.2, 0.25) is 5.02 Å². The van der Waals surface area contributed by atoms with Gasteiger partial charge in [0.2, 0.25) is 0 Å². The van der Waals surface area contributed by atoms with Crippen molar-refractivity contribution in [2.24, 2.45) is 5.10 Å². The lowest BCUT2D eigenvalue weighted by atomic mass is 10.2. The van der Waals surface area contributed by atoms with Crippen LogP contribution in [0.4, 0.5) is 0 Å². The Morgan fingerprint density at radius 1 is 1.23 bits per heavy atom. The number of halogens is 2. The van der Waals surface area contributed by atoms with Gasteiger partial charge in [0.15, 0.2) is 0 Å². The number of hydrazone groups is 1. The minimum Gasteiger partial charge on any atom is -0.488 e. The molecule has 1 heterocycles. The van der Waals surface area contributed by atoms with Gasteiger partial charge in [-0.05, 0) is 68.8 Å². The summed E-state index contributed by atoms with van der Waals surface area (Å²) >= 11 is 10.7. The molecule has 0 aliphatic carbocycles. The SMILES string of the molecule is O=C(N/N=C\c1ccc(OCc2ccc(Cl)cc2)c(Br)c1)c1cccs1. The van der Waals surface area contributed by atoms with Crippen LogP contribution >= 0.6 is 38.9 Å². The Labute approximate surface area is 168 Å². The summed E-state index contributed by atoms with van der Waals surface area (Å²) in [5.41, 5.74) is 4.37. The fourth-order valence-electron chi connectivity index (χ4n) is 2.08. The maximum Gasteiger partial charge on any atom is 0.281 e. The van der Waals surface area contributed by atoms with E-state index in [9.17, 15) is 4.79 Å². The predicted molar refractivity (Wildman–Crippen MR) is 109 cm³/mol. The minimum absolute atomic E-state index is 0.224. The second-order valence-corrected chi connectivity index (χ2v) is 7.52. The first-order valence-electron chi connectivity index (χ1n) is 7.65. The van der Waals surface area contributed by atoms with Gasteiger partial charge < -0.3 is 4.74 Å². The van der Waals surface area contributed by atoms with E-state index in [2.05, 4.69) is 26.5 Å². The van der Waals surface area contributed by atoms with Crippen molar-refractivity contribution < 1.29 is 9.53 Å². The molecule has 3 aromatic rings. The van der Waals surface area contributed by atoms with E-state index < -0.39 is 0 Å². The van der Waals surface area contributed by atoms with Gasteiger partial charge in [0.1, 0.15) is 12.4 Å². The lowest BCUT2D eigenvalue weighted by molar-refractivity contribution is 0.0959. The largest absolute Gasteiger partial charge is 0.488 e. The number of nitrogens with zero attached hydrogens (tertiary/aromatic N) is 1. The third-order valence-corrected chi connectivity index (χ3v) is 5.13. The van der Waals surface area contributed by atoms with Crippen LogP contribution < -0.4 is 10.2 Å². The van der Waals surface area contributed by atoms with Crippen LogP contribution in [-0.4, -0.2) is 12.1 Å². The molecule has 0 aliphatic rings. The molecule has 0 aliphatic heterocycles. The first kappa shape index (κ1) is 18.6. The van der Waals surface area contributed by atoms with E-state index in [1.54, 1.807) is 12.3 Å². The van der Waals surface area contributed by atoms with Crippen LogP contribution in [0.1, 0.15) is 20.8 Å². The molecule has 1 aromatic heterocycles. The molecule has 3 rings (SSSR count). The summed E-state index contributed by atoms with van der Waals surface area (Å²) in [6, 6.07) is 16.7. The highest BCUT2D eigenvalue weighted by atomic mass is 79.9. The molecule has 132 valence electrons. The molecule has 1 amide bonds. The van der Waals surface area contributed by atoms with Gasteiger partial charge >= 0.3 is 0 Å². The van der Waals surface area contributed by atoms with E-state index in [4.69, 9.17) is 16.3 Å². The number of hydrogen-bond acceptors (Lipinski definition) is 4. The monoisotopic (exact) mass is 448 g/mol. The topological polar surface area (TPSA) is 50.7 Å². The fourth-order valence-corrected chi connectivity index (χ4v) is 3.33. The summed E-state index contributed by atoms with van der Waals surface area (Å²) in [5, 5.41) is 6.52. The average molecular weight is 450 g/mol. The molecule has 7 heteroatoms. The Morgan fingerprint density at radius 2 is 2.04 bits per heavy atom. The van der Waals surface area contributed by atoms with E-state index >= 15 is 0 Å². The number of rotatable bonds is 6. The number of ether oxygens (including phenoxy) is 1. The highest BCUT2D eigenvalue weighted by molar-refractivity contribution is 9.10.